The van der Waals surface area contributed by atoms with Crippen LogP contribution in [0, 0.1) is 0 Å². The van der Waals surface area contributed by atoms with Crippen molar-refractivity contribution in [1.29, 1.82) is 0 Å². The molecule has 1 aromatic carbocycles. The normalized spacial score (nSPS) is 19.6. The van der Waals surface area contributed by atoms with E-state index < -0.39 is 6.61 Å². The van der Waals surface area contributed by atoms with Gasteiger partial charge in [0.1, 0.15) is 11.5 Å². The topological polar surface area (TPSA) is 33.7 Å². The van der Waals surface area contributed by atoms with E-state index in [1.54, 1.807) is 19.2 Å². The van der Waals surface area contributed by atoms with Crippen molar-refractivity contribution < 1.29 is 18.3 Å². The van der Waals surface area contributed by atoms with Crippen LogP contribution in [0.2, 0.25) is 0 Å². The van der Waals surface area contributed by atoms with Gasteiger partial charge in [0.2, 0.25) is 0 Å². The van der Waals surface area contributed by atoms with Crippen molar-refractivity contribution in [2.75, 3.05) is 32.6 Å². The molecule has 6 heteroatoms. The number of anilines is 1. The molecule has 1 atom stereocenters. The second-order valence-corrected chi connectivity index (χ2v) is 5.25. The first-order valence-corrected chi connectivity index (χ1v) is 7.17. The molecule has 118 valence electrons. The quantitative estimate of drug-likeness (QED) is 0.875. The van der Waals surface area contributed by atoms with Crippen molar-refractivity contribution in [1.82, 2.24) is 4.90 Å². The van der Waals surface area contributed by atoms with Crippen LogP contribution in [0.3, 0.4) is 0 Å². The number of likely N-dealkylation sites (N-methyl/N-ethyl adjacent to an activating group) is 1. The van der Waals surface area contributed by atoms with Gasteiger partial charge in [-0.1, -0.05) is 6.42 Å². The van der Waals surface area contributed by atoms with E-state index in [0.717, 1.165) is 13.0 Å². The third-order valence-electron chi connectivity index (χ3n) is 3.85. The van der Waals surface area contributed by atoms with Crippen LogP contribution in [0.5, 0.6) is 11.5 Å². The summed E-state index contributed by atoms with van der Waals surface area (Å²) >= 11 is 0. The van der Waals surface area contributed by atoms with E-state index in [1.807, 2.05) is 0 Å². The molecule has 1 fully saturated rings. The molecular weight excluding hydrogens is 278 g/mol. The van der Waals surface area contributed by atoms with Crippen molar-refractivity contribution in [3.8, 4) is 11.5 Å². The second-order valence-electron chi connectivity index (χ2n) is 5.25. The number of ether oxygens (including phenoxy) is 2. The first-order chi connectivity index (χ1) is 10.1. The molecule has 1 aliphatic heterocycles. The maximum Gasteiger partial charge on any atom is 0.387 e. The maximum absolute atomic E-state index is 12.5. The van der Waals surface area contributed by atoms with Crippen molar-refractivity contribution in [3.05, 3.63) is 18.2 Å². The van der Waals surface area contributed by atoms with Crippen LogP contribution in [-0.4, -0.2) is 44.8 Å². The summed E-state index contributed by atoms with van der Waals surface area (Å²) in [5.41, 5.74) is 0.536. The molecule has 0 saturated carbocycles. The number of hydrogen-bond acceptors (Lipinski definition) is 4. The van der Waals surface area contributed by atoms with Gasteiger partial charge in [-0.25, -0.2) is 0 Å². The molecule has 1 aliphatic rings. The molecule has 0 bridgehead atoms. The Balaban J connectivity index is 2.05. The van der Waals surface area contributed by atoms with Crippen molar-refractivity contribution in [3.63, 3.8) is 0 Å². The van der Waals surface area contributed by atoms with Gasteiger partial charge < -0.3 is 19.7 Å². The van der Waals surface area contributed by atoms with Gasteiger partial charge in [-0.15, -0.1) is 0 Å². The third-order valence-corrected chi connectivity index (χ3v) is 3.85. The maximum atomic E-state index is 12.5. The van der Waals surface area contributed by atoms with Gasteiger partial charge in [0, 0.05) is 18.7 Å². The molecule has 1 saturated heterocycles. The zero-order valence-corrected chi connectivity index (χ0v) is 12.4. The van der Waals surface area contributed by atoms with E-state index in [1.165, 1.54) is 18.9 Å². The Kier molecular flexibility index (Phi) is 5.61. The molecule has 21 heavy (non-hydrogen) atoms. The lowest BCUT2D eigenvalue weighted by Gasteiger charge is -2.32. The standard InChI is InChI=1S/C15H22F2N2O2/c1-19-8-4-3-5-11(19)10-18-13-9-12(20-2)6-7-14(13)21-15(16)17/h6-7,9,11,15,18H,3-5,8,10H2,1-2H3. The summed E-state index contributed by atoms with van der Waals surface area (Å²) < 4.78 is 34.6. The monoisotopic (exact) mass is 300 g/mol. The smallest absolute Gasteiger partial charge is 0.387 e. The summed E-state index contributed by atoms with van der Waals surface area (Å²) in [6, 6.07) is 5.19. The Hall–Kier alpha value is -1.56. The molecule has 0 radical (unpaired) electrons. The summed E-state index contributed by atoms with van der Waals surface area (Å²) in [4.78, 5) is 2.30. The summed E-state index contributed by atoms with van der Waals surface area (Å²) in [5.74, 6) is 0.750. The van der Waals surface area contributed by atoms with E-state index in [0.29, 0.717) is 24.0 Å². The highest BCUT2D eigenvalue weighted by Gasteiger charge is 2.19. The van der Waals surface area contributed by atoms with Crippen LogP contribution in [0.25, 0.3) is 0 Å². The molecule has 1 unspecified atom stereocenters. The first-order valence-electron chi connectivity index (χ1n) is 7.17. The van der Waals surface area contributed by atoms with E-state index in [4.69, 9.17) is 4.74 Å². The minimum Gasteiger partial charge on any atom is -0.497 e. The average molecular weight is 300 g/mol. The van der Waals surface area contributed by atoms with Crippen LogP contribution < -0.4 is 14.8 Å². The Bertz CT molecular complexity index is 457. The van der Waals surface area contributed by atoms with Crippen molar-refractivity contribution in [2.45, 2.75) is 31.9 Å². The van der Waals surface area contributed by atoms with Crippen molar-refractivity contribution >= 4 is 5.69 Å². The highest BCUT2D eigenvalue weighted by Crippen LogP contribution is 2.30. The third kappa shape index (κ3) is 4.46. The SMILES string of the molecule is COc1ccc(OC(F)F)c(NCC2CCCCN2C)c1. The van der Waals surface area contributed by atoms with Gasteiger partial charge in [-0.2, -0.15) is 8.78 Å². The molecule has 2 rings (SSSR count). The predicted molar refractivity (Wildman–Crippen MR) is 78.4 cm³/mol. The second kappa shape index (κ2) is 7.45. The highest BCUT2D eigenvalue weighted by atomic mass is 19.3. The number of nitrogens with one attached hydrogen (secondary N) is 1. The fourth-order valence-electron chi connectivity index (χ4n) is 2.60. The summed E-state index contributed by atoms with van der Waals surface area (Å²) in [5, 5.41) is 3.21. The number of halogens is 2. The molecule has 1 aromatic rings. The number of piperidine rings is 1. The molecule has 1 N–H and O–H groups in total. The zero-order valence-electron chi connectivity index (χ0n) is 12.4. The van der Waals surface area contributed by atoms with Crippen LogP contribution in [0.1, 0.15) is 19.3 Å². The van der Waals surface area contributed by atoms with Gasteiger partial charge in [0.05, 0.1) is 12.8 Å². The summed E-state index contributed by atoms with van der Waals surface area (Å²) in [7, 11) is 3.63. The molecule has 0 spiro atoms. The molecule has 0 amide bonds. The lowest BCUT2D eigenvalue weighted by atomic mass is 10.0. The van der Waals surface area contributed by atoms with E-state index in [9.17, 15) is 8.78 Å². The molecule has 4 nitrogen and oxygen atoms in total. The fourth-order valence-corrected chi connectivity index (χ4v) is 2.60. The number of nitrogens with zero attached hydrogens (tertiary/aromatic N) is 1. The lowest BCUT2D eigenvalue weighted by molar-refractivity contribution is -0.0494. The highest BCUT2D eigenvalue weighted by molar-refractivity contribution is 5.59. The number of benzene rings is 1. The van der Waals surface area contributed by atoms with Gasteiger partial charge >= 0.3 is 6.61 Å². The Morgan fingerprint density at radius 3 is 2.86 bits per heavy atom. The Morgan fingerprint density at radius 2 is 2.19 bits per heavy atom. The van der Waals surface area contributed by atoms with Crippen LogP contribution in [-0.2, 0) is 0 Å². The predicted octanol–water partition coefficient (Wildman–Crippen LogP) is 3.19. The van der Waals surface area contributed by atoms with Crippen LogP contribution in [0.15, 0.2) is 18.2 Å². The van der Waals surface area contributed by atoms with Gasteiger partial charge in [0.25, 0.3) is 0 Å². The van der Waals surface area contributed by atoms with E-state index >= 15 is 0 Å². The van der Waals surface area contributed by atoms with E-state index in [2.05, 4.69) is 22.0 Å². The van der Waals surface area contributed by atoms with Gasteiger partial charge in [-0.3, -0.25) is 0 Å². The van der Waals surface area contributed by atoms with Crippen molar-refractivity contribution in [2.24, 2.45) is 0 Å². The number of hydrogen-bond donors (Lipinski definition) is 1. The first kappa shape index (κ1) is 15.8. The van der Waals surface area contributed by atoms with Gasteiger partial charge in [-0.05, 0) is 38.6 Å². The molecule has 1 heterocycles. The minimum atomic E-state index is -2.84. The lowest BCUT2D eigenvalue weighted by Crippen LogP contribution is -2.40. The van der Waals surface area contributed by atoms with E-state index in [-0.39, 0.29) is 5.75 Å². The van der Waals surface area contributed by atoms with Crippen LogP contribution in [0.4, 0.5) is 14.5 Å². The van der Waals surface area contributed by atoms with Gasteiger partial charge in [0.15, 0.2) is 0 Å². The molecule has 0 aliphatic carbocycles. The average Bonchev–Trinajstić information content (AvgIpc) is 2.47. The number of methoxy groups -OCH3 is 1. The van der Waals surface area contributed by atoms with Crippen LogP contribution >= 0.6 is 0 Å². The minimum absolute atomic E-state index is 0.143. The number of alkyl halides is 2. The fraction of sp³-hybridized carbons (Fsp3) is 0.600. The molecular formula is C15H22F2N2O2. The Labute approximate surface area is 124 Å². The Morgan fingerprint density at radius 1 is 1.38 bits per heavy atom. The number of rotatable bonds is 6. The summed E-state index contributed by atoms with van der Waals surface area (Å²) in [6.07, 6.45) is 3.53. The number of likely N-dealkylation sites (tertiary alicyclic amines) is 1. The zero-order chi connectivity index (χ0) is 15.2. The largest absolute Gasteiger partial charge is 0.497 e. The molecule has 0 aromatic heterocycles. The summed E-state index contributed by atoms with van der Waals surface area (Å²) in [6.45, 7) is -1.06.